The monoisotopic (exact) mass is 329 g/mol. The maximum atomic E-state index is 12.4. The van der Waals surface area contributed by atoms with Crippen molar-refractivity contribution in [2.24, 2.45) is 0 Å². The normalized spacial score (nSPS) is 13.1. The number of carbonyl (C=O) groups is 2. The van der Waals surface area contributed by atoms with Gasteiger partial charge < -0.3 is 9.30 Å². The zero-order valence-corrected chi connectivity index (χ0v) is 13.6. The van der Waals surface area contributed by atoms with Gasteiger partial charge in [0.1, 0.15) is 5.75 Å². The van der Waals surface area contributed by atoms with Crippen LogP contribution in [-0.4, -0.2) is 23.2 Å². The largest absolute Gasteiger partial charge is 0.497 e. The third kappa shape index (κ3) is 2.58. The van der Waals surface area contributed by atoms with Crippen molar-refractivity contribution in [1.82, 2.24) is 4.57 Å². The molecule has 4 heteroatoms. The number of rotatable bonds is 3. The van der Waals surface area contributed by atoms with E-state index in [4.69, 9.17) is 4.74 Å². The summed E-state index contributed by atoms with van der Waals surface area (Å²) in [5.74, 6) is 0.369. The lowest BCUT2D eigenvalue weighted by molar-refractivity contribution is 0.0990. The molecule has 4 rings (SSSR count). The van der Waals surface area contributed by atoms with E-state index in [0.717, 1.165) is 17.0 Å². The minimum atomic E-state index is -0.210. The second kappa shape index (κ2) is 5.91. The fourth-order valence-electron chi connectivity index (χ4n) is 2.98. The molecule has 0 amide bonds. The van der Waals surface area contributed by atoms with Crippen LogP contribution in [0.2, 0.25) is 0 Å². The fraction of sp³-hybridized carbons (Fsp3) is 0.0476. The first-order chi connectivity index (χ1) is 12.2. The number of benzene rings is 2. The molecule has 0 spiro atoms. The number of aromatic nitrogens is 1. The molecular weight excluding hydrogens is 314 g/mol. The maximum Gasteiger partial charge on any atom is 0.197 e. The quantitative estimate of drug-likeness (QED) is 0.540. The number of ether oxygens (including phenoxy) is 1. The van der Waals surface area contributed by atoms with E-state index in [1.165, 1.54) is 0 Å². The lowest BCUT2D eigenvalue weighted by atomic mass is 10.1. The Bertz CT molecular complexity index is 973. The summed E-state index contributed by atoms with van der Waals surface area (Å²) in [4.78, 5) is 24.9. The Labute approximate surface area is 145 Å². The molecule has 4 nitrogen and oxygen atoms in total. The number of nitrogens with zero attached hydrogens (tertiary/aromatic N) is 1. The summed E-state index contributed by atoms with van der Waals surface area (Å²) >= 11 is 0. The van der Waals surface area contributed by atoms with E-state index >= 15 is 0 Å². The second-order valence-corrected chi connectivity index (χ2v) is 5.81. The molecule has 1 aliphatic rings. The van der Waals surface area contributed by atoms with Crippen LogP contribution in [-0.2, 0) is 0 Å². The van der Waals surface area contributed by atoms with Gasteiger partial charge in [0.2, 0.25) is 0 Å². The van der Waals surface area contributed by atoms with Crippen LogP contribution in [0.3, 0.4) is 0 Å². The third-order valence-corrected chi connectivity index (χ3v) is 4.30. The van der Waals surface area contributed by atoms with E-state index in [0.29, 0.717) is 11.1 Å². The van der Waals surface area contributed by atoms with Gasteiger partial charge >= 0.3 is 0 Å². The van der Waals surface area contributed by atoms with Crippen LogP contribution in [0.25, 0.3) is 11.8 Å². The number of Topliss-reactive ketones (excluding diaryl/α,β-unsaturated/α-hetero) is 2. The summed E-state index contributed by atoms with van der Waals surface area (Å²) in [6.45, 7) is 0. The first-order valence-electron chi connectivity index (χ1n) is 7.90. The summed E-state index contributed by atoms with van der Waals surface area (Å²) in [6, 6.07) is 16.5. The van der Waals surface area contributed by atoms with Crippen LogP contribution in [0.4, 0.5) is 0 Å². The van der Waals surface area contributed by atoms with Crippen molar-refractivity contribution in [2.45, 2.75) is 0 Å². The molecule has 0 saturated heterocycles. The fourth-order valence-corrected chi connectivity index (χ4v) is 2.98. The van der Waals surface area contributed by atoms with E-state index in [1.54, 1.807) is 37.5 Å². The zero-order chi connectivity index (χ0) is 17.4. The molecule has 2 aromatic carbocycles. The molecular formula is C21H15NO3. The number of hydrogen-bond donors (Lipinski definition) is 0. The molecule has 1 aliphatic carbocycles. The van der Waals surface area contributed by atoms with Gasteiger partial charge in [0.15, 0.2) is 11.6 Å². The van der Waals surface area contributed by atoms with Crippen molar-refractivity contribution in [3.8, 4) is 11.4 Å². The Kier molecular flexibility index (Phi) is 3.58. The molecule has 122 valence electrons. The molecule has 1 aromatic heterocycles. The lowest BCUT2D eigenvalue weighted by Crippen LogP contribution is -1.99. The Hall–Kier alpha value is -3.40. The number of fused-ring (bicyclic) bond motifs is 1. The van der Waals surface area contributed by atoms with E-state index in [9.17, 15) is 9.59 Å². The topological polar surface area (TPSA) is 48.3 Å². The first kappa shape index (κ1) is 15.1. The van der Waals surface area contributed by atoms with E-state index < -0.39 is 0 Å². The van der Waals surface area contributed by atoms with Crippen molar-refractivity contribution < 1.29 is 14.3 Å². The summed E-state index contributed by atoms with van der Waals surface area (Å²) in [5, 5.41) is 0. The molecule has 0 saturated carbocycles. The predicted octanol–water partition coefficient (Wildman–Crippen LogP) is 3.95. The predicted molar refractivity (Wildman–Crippen MR) is 95.4 cm³/mol. The molecule has 3 aromatic rings. The third-order valence-electron chi connectivity index (χ3n) is 4.30. The van der Waals surface area contributed by atoms with Gasteiger partial charge in [-0.3, -0.25) is 9.59 Å². The second-order valence-electron chi connectivity index (χ2n) is 5.81. The number of allylic oxidation sites excluding steroid dienone is 1. The number of methoxy groups -OCH3 is 1. The van der Waals surface area contributed by atoms with Gasteiger partial charge in [-0.2, -0.15) is 0 Å². The van der Waals surface area contributed by atoms with Gasteiger partial charge in [-0.1, -0.05) is 24.3 Å². The van der Waals surface area contributed by atoms with E-state index in [2.05, 4.69) is 0 Å². The average molecular weight is 329 g/mol. The highest BCUT2D eigenvalue weighted by atomic mass is 16.5. The van der Waals surface area contributed by atoms with E-state index in [1.807, 2.05) is 47.3 Å². The van der Waals surface area contributed by atoms with Crippen molar-refractivity contribution in [2.75, 3.05) is 7.11 Å². The number of hydrogen-bond acceptors (Lipinski definition) is 3. The number of carbonyl (C=O) groups excluding carboxylic acids is 2. The molecule has 25 heavy (non-hydrogen) atoms. The highest BCUT2D eigenvalue weighted by molar-refractivity contribution is 6.41. The Balaban J connectivity index is 1.66. The molecule has 0 fully saturated rings. The molecule has 0 N–H and O–H groups in total. The van der Waals surface area contributed by atoms with E-state index in [-0.39, 0.29) is 17.1 Å². The van der Waals surface area contributed by atoms with Crippen LogP contribution < -0.4 is 4.74 Å². The van der Waals surface area contributed by atoms with Gasteiger partial charge in [-0.05, 0) is 42.0 Å². The van der Waals surface area contributed by atoms with Crippen molar-refractivity contribution in [1.29, 1.82) is 0 Å². The van der Waals surface area contributed by atoms with Gasteiger partial charge in [-0.15, -0.1) is 0 Å². The minimum Gasteiger partial charge on any atom is -0.497 e. The molecule has 0 atom stereocenters. The molecule has 1 heterocycles. The summed E-state index contributed by atoms with van der Waals surface area (Å²) in [5.41, 5.74) is 2.95. The summed E-state index contributed by atoms with van der Waals surface area (Å²) in [6.07, 6.45) is 5.44. The Morgan fingerprint density at radius 2 is 1.52 bits per heavy atom. The molecule has 0 radical (unpaired) electrons. The van der Waals surface area contributed by atoms with Gasteiger partial charge in [0.25, 0.3) is 0 Å². The zero-order valence-electron chi connectivity index (χ0n) is 13.6. The Morgan fingerprint density at radius 1 is 0.880 bits per heavy atom. The van der Waals surface area contributed by atoms with Crippen molar-refractivity contribution >= 4 is 17.6 Å². The highest BCUT2D eigenvalue weighted by Crippen LogP contribution is 2.28. The van der Waals surface area contributed by atoms with Crippen molar-refractivity contribution in [3.05, 3.63) is 89.3 Å². The van der Waals surface area contributed by atoms with Crippen LogP contribution in [0.1, 0.15) is 26.3 Å². The van der Waals surface area contributed by atoms with Crippen LogP contribution in [0.5, 0.6) is 5.75 Å². The number of ketones is 2. The SMILES string of the molecule is COc1ccc(-n2ccc(C=C3C(=O)c4ccccc4C3=O)c2)cc1. The van der Waals surface area contributed by atoms with Crippen LogP contribution >= 0.6 is 0 Å². The van der Waals surface area contributed by atoms with Crippen LogP contribution in [0.15, 0.2) is 72.6 Å². The average Bonchev–Trinajstić information content (AvgIpc) is 3.22. The van der Waals surface area contributed by atoms with Gasteiger partial charge in [-0.25, -0.2) is 0 Å². The van der Waals surface area contributed by atoms with Crippen LogP contribution in [0, 0.1) is 0 Å². The van der Waals surface area contributed by atoms with Gasteiger partial charge in [0.05, 0.1) is 12.7 Å². The smallest absolute Gasteiger partial charge is 0.197 e. The molecule has 0 unspecified atom stereocenters. The summed E-state index contributed by atoms with van der Waals surface area (Å²) in [7, 11) is 1.63. The molecule has 0 aliphatic heterocycles. The van der Waals surface area contributed by atoms with Crippen molar-refractivity contribution in [3.63, 3.8) is 0 Å². The minimum absolute atomic E-state index is 0.210. The first-order valence-corrected chi connectivity index (χ1v) is 7.90. The Morgan fingerprint density at radius 3 is 2.12 bits per heavy atom. The molecule has 0 bridgehead atoms. The highest BCUT2D eigenvalue weighted by Gasteiger charge is 2.32. The lowest BCUT2D eigenvalue weighted by Gasteiger charge is -2.04. The summed E-state index contributed by atoms with van der Waals surface area (Å²) < 4.78 is 7.09. The van der Waals surface area contributed by atoms with Gasteiger partial charge in [0, 0.05) is 29.2 Å². The maximum absolute atomic E-state index is 12.4. The standard InChI is InChI=1S/C21H15NO3/c1-25-16-8-6-15(7-9-16)22-11-10-14(13-22)12-19-20(23)17-4-2-3-5-18(17)21(19)24/h2-13H,1H3.